The summed E-state index contributed by atoms with van der Waals surface area (Å²) in [6.45, 7) is 2.15. The molecule has 0 bridgehead atoms. The predicted octanol–water partition coefficient (Wildman–Crippen LogP) is 2.87. The lowest BCUT2D eigenvalue weighted by atomic mass is 9.90. The number of hydrogen-bond acceptors (Lipinski definition) is 5. The Morgan fingerprint density at radius 3 is 2.75 bits per heavy atom. The van der Waals surface area contributed by atoms with E-state index in [2.05, 4.69) is 11.4 Å². The zero-order valence-corrected chi connectivity index (χ0v) is 19.3. The monoisotopic (exact) mass is 459 g/mol. The predicted molar refractivity (Wildman–Crippen MR) is 120 cm³/mol. The van der Waals surface area contributed by atoms with Crippen LogP contribution in [-0.4, -0.2) is 48.4 Å². The molecule has 32 heavy (non-hydrogen) atoms. The highest BCUT2D eigenvalue weighted by Crippen LogP contribution is 2.31. The van der Waals surface area contributed by atoms with E-state index in [0.29, 0.717) is 12.8 Å². The number of nitrogens with one attached hydrogen (secondary N) is 1. The van der Waals surface area contributed by atoms with Gasteiger partial charge >= 0.3 is 5.97 Å². The Morgan fingerprint density at radius 1 is 1.19 bits per heavy atom. The molecule has 1 aliphatic carbocycles. The maximum absolute atomic E-state index is 13.4. The summed E-state index contributed by atoms with van der Waals surface area (Å²) in [4.78, 5) is 25.2. The topological polar surface area (TPSA) is 97.7 Å². The number of rotatable bonds is 6. The van der Waals surface area contributed by atoms with Gasteiger partial charge in [-0.3, -0.25) is 4.79 Å². The summed E-state index contributed by atoms with van der Waals surface area (Å²) < 4.78 is 34.4. The van der Waals surface area contributed by atoms with E-state index in [0.717, 1.165) is 36.9 Å². The van der Waals surface area contributed by atoms with Gasteiger partial charge in [-0.2, -0.15) is 4.31 Å². The van der Waals surface area contributed by atoms with Gasteiger partial charge in [-0.05, 0) is 68.7 Å². The lowest BCUT2D eigenvalue weighted by Crippen LogP contribution is -2.43. The van der Waals surface area contributed by atoms with Crippen molar-refractivity contribution in [2.45, 2.75) is 56.4 Å². The van der Waals surface area contributed by atoms with Crippen molar-refractivity contribution in [3.05, 3.63) is 47.3 Å². The summed E-state index contributed by atoms with van der Waals surface area (Å²) in [6, 6.07) is 6.44. The molecule has 4 rings (SSSR count). The fraction of sp³-hybridized carbons (Fsp3) is 0.478. The molecule has 2 heterocycles. The van der Waals surface area contributed by atoms with E-state index < -0.39 is 22.0 Å². The van der Waals surface area contributed by atoms with Gasteiger partial charge in [0, 0.05) is 25.5 Å². The van der Waals surface area contributed by atoms with Crippen LogP contribution in [0.3, 0.4) is 0 Å². The van der Waals surface area contributed by atoms with Gasteiger partial charge in [0.2, 0.25) is 15.9 Å². The molecule has 0 unspecified atom stereocenters. The first-order valence-corrected chi connectivity index (χ1v) is 12.5. The van der Waals surface area contributed by atoms with Crippen molar-refractivity contribution in [3.63, 3.8) is 0 Å². The molecule has 0 saturated carbocycles. The number of benzene rings is 1. The van der Waals surface area contributed by atoms with Gasteiger partial charge in [0.15, 0.2) is 0 Å². The first-order valence-electron chi connectivity index (χ1n) is 11.1. The molecule has 2 aromatic rings. The van der Waals surface area contributed by atoms with Crippen molar-refractivity contribution in [3.8, 4) is 0 Å². The van der Waals surface area contributed by atoms with E-state index in [9.17, 15) is 18.0 Å². The number of aryl methyl sites for hydroxylation is 2. The van der Waals surface area contributed by atoms with Crippen LogP contribution in [0, 0.1) is 0 Å². The van der Waals surface area contributed by atoms with Gasteiger partial charge in [0.1, 0.15) is 16.6 Å². The van der Waals surface area contributed by atoms with Crippen LogP contribution in [0.5, 0.6) is 0 Å². The number of anilines is 1. The van der Waals surface area contributed by atoms with Crippen LogP contribution < -0.4 is 5.32 Å². The van der Waals surface area contributed by atoms with E-state index in [4.69, 9.17) is 4.74 Å². The highest BCUT2D eigenvalue weighted by atomic mass is 32.2. The first kappa shape index (κ1) is 22.5. The number of nitrogens with zero attached hydrogens (tertiary/aromatic N) is 2. The molecule has 1 aromatic heterocycles. The van der Waals surface area contributed by atoms with Gasteiger partial charge in [0.25, 0.3) is 0 Å². The number of aromatic nitrogens is 1. The Bertz CT molecular complexity index is 1140. The molecule has 8 nitrogen and oxygen atoms in total. The minimum absolute atomic E-state index is 0.0140. The number of fused-ring (bicyclic) bond motifs is 1. The smallest absolute Gasteiger partial charge is 0.354 e. The molecule has 0 radical (unpaired) electrons. The largest absolute Gasteiger partial charge is 0.461 e. The molecule has 1 N–H and O–H groups in total. The summed E-state index contributed by atoms with van der Waals surface area (Å²) >= 11 is 0. The van der Waals surface area contributed by atoms with Crippen molar-refractivity contribution in [2.24, 2.45) is 7.05 Å². The number of esters is 1. The molecule has 1 saturated heterocycles. The zero-order valence-electron chi connectivity index (χ0n) is 18.5. The second kappa shape index (κ2) is 9.07. The summed E-state index contributed by atoms with van der Waals surface area (Å²) in [5, 5.41) is 2.99. The molecule has 1 aromatic carbocycles. The Kier molecular flexibility index (Phi) is 6.39. The third kappa shape index (κ3) is 4.19. The van der Waals surface area contributed by atoms with Crippen molar-refractivity contribution in [2.75, 3.05) is 18.5 Å². The molecule has 9 heteroatoms. The van der Waals surface area contributed by atoms with Gasteiger partial charge in [-0.15, -0.1) is 0 Å². The third-order valence-electron chi connectivity index (χ3n) is 6.23. The van der Waals surface area contributed by atoms with Crippen LogP contribution >= 0.6 is 0 Å². The number of sulfonamides is 1. The van der Waals surface area contributed by atoms with Gasteiger partial charge in [0.05, 0.1) is 6.61 Å². The summed E-state index contributed by atoms with van der Waals surface area (Å²) in [7, 11) is -2.35. The van der Waals surface area contributed by atoms with Gasteiger partial charge < -0.3 is 14.6 Å². The molecular formula is C23H29N3O5S. The number of hydrogen-bond donors (Lipinski definition) is 1. The van der Waals surface area contributed by atoms with Gasteiger partial charge in [-0.25, -0.2) is 13.2 Å². The molecule has 0 spiro atoms. The second-order valence-electron chi connectivity index (χ2n) is 8.31. The van der Waals surface area contributed by atoms with Crippen LogP contribution in [-0.2, 0) is 39.4 Å². The number of carbonyl (C=O) groups excluding carboxylic acids is 2. The maximum atomic E-state index is 13.4. The minimum Gasteiger partial charge on any atom is -0.461 e. The average molecular weight is 460 g/mol. The van der Waals surface area contributed by atoms with Crippen LogP contribution in [0.15, 0.2) is 35.4 Å². The summed E-state index contributed by atoms with van der Waals surface area (Å²) in [5.74, 6) is -0.896. The third-order valence-corrected chi connectivity index (χ3v) is 8.10. The quantitative estimate of drug-likeness (QED) is 0.670. The van der Waals surface area contributed by atoms with E-state index in [1.807, 2.05) is 12.1 Å². The van der Waals surface area contributed by atoms with Crippen LogP contribution in [0.4, 0.5) is 5.69 Å². The highest BCUT2D eigenvalue weighted by Gasteiger charge is 2.40. The van der Waals surface area contributed by atoms with E-state index in [1.54, 1.807) is 14.0 Å². The van der Waals surface area contributed by atoms with E-state index >= 15 is 0 Å². The SMILES string of the molecule is CCOC(=O)c1cc(S(=O)(=O)N2CCC[C@H]2C(=O)Nc2cccc3c2CCCC3)cn1C. The lowest BCUT2D eigenvalue weighted by Gasteiger charge is -2.24. The zero-order chi connectivity index (χ0) is 22.9. The molecular weight excluding hydrogens is 430 g/mol. The highest BCUT2D eigenvalue weighted by molar-refractivity contribution is 7.89. The Balaban J connectivity index is 1.56. The van der Waals surface area contributed by atoms with Gasteiger partial charge in [-0.1, -0.05) is 12.1 Å². The average Bonchev–Trinajstić information content (AvgIpc) is 3.42. The fourth-order valence-electron chi connectivity index (χ4n) is 4.62. The minimum atomic E-state index is -3.95. The standard InChI is InChI=1S/C23H29N3O5S/c1-3-31-23(28)21-14-17(15-25(21)2)32(29,30)26-13-7-12-20(26)22(27)24-19-11-6-9-16-8-4-5-10-18(16)19/h6,9,11,14-15,20H,3-5,7-8,10,12-13H2,1-2H3,(H,24,27)/t20-/m0/s1. The molecule has 2 aliphatic rings. The van der Waals surface area contributed by atoms with Crippen LogP contribution in [0.2, 0.25) is 0 Å². The molecule has 1 atom stereocenters. The van der Waals surface area contributed by atoms with Crippen LogP contribution in [0.25, 0.3) is 0 Å². The van der Waals surface area contributed by atoms with E-state index in [1.165, 1.54) is 26.7 Å². The Labute approximate surface area is 188 Å². The number of carbonyl (C=O) groups is 2. The van der Waals surface area contributed by atoms with Crippen LogP contribution in [0.1, 0.15) is 54.2 Å². The summed E-state index contributed by atoms with van der Waals surface area (Å²) in [5.41, 5.74) is 3.34. The van der Waals surface area contributed by atoms with Crippen molar-refractivity contribution >= 4 is 27.6 Å². The van der Waals surface area contributed by atoms with Crippen molar-refractivity contribution < 1.29 is 22.7 Å². The Hall–Kier alpha value is -2.65. The maximum Gasteiger partial charge on any atom is 0.354 e. The first-order chi connectivity index (χ1) is 15.3. The van der Waals surface area contributed by atoms with Crippen molar-refractivity contribution in [1.82, 2.24) is 8.87 Å². The Morgan fingerprint density at radius 2 is 1.97 bits per heavy atom. The second-order valence-corrected chi connectivity index (χ2v) is 10.2. The molecule has 1 aliphatic heterocycles. The normalized spacial score (nSPS) is 18.9. The molecule has 1 fully saturated rings. The summed E-state index contributed by atoms with van der Waals surface area (Å²) in [6.07, 6.45) is 6.59. The van der Waals surface area contributed by atoms with Crippen molar-refractivity contribution in [1.29, 1.82) is 0 Å². The fourth-order valence-corrected chi connectivity index (χ4v) is 6.35. The molecule has 1 amide bonds. The molecule has 172 valence electrons. The van der Waals surface area contributed by atoms with E-state index in [-0.39, 0.29) is 29.6 Å². The number of ether oxygens (including phenoxy) is 1. The number of amides is 1. The lowest BCUT2D eigenvalue weighted by molar-refractivity contribution is -0.119.